The third-order valence-electron chi connectivity index (χ3n) is 5.22. The number of thiophene rings is 1. The molecule has 0 saturated heterocycles. The summed E-state index contributed by atoms with van der Waals surface area (Å²) in [4.78, 5) is 30.8. The number of para-hydroxylation sites is 2. The highest BCUT2D eigenvalue weighted by Crippen LogP contribution is 2.17. The minimum Gasteiger partial charge on any atom is -0.352 e. The number of hydrogen-bond acceptors (Lipinski definition) is 4. The molecule has 0 radical (unpaired) electrons. The maximum absolute atomic E-state index is 12.6. The smallest absolute Gasteiger partial charge is 0.251 e. The minimum atomic E-state index is -0.0739. The highest BCUT2D eigenvalue weighted by Gasteiger charge is 2.14. The lowest BCUT2D eigenvalue weighted by molar-refractivity contribution is -0.121. The summed E-state index contributed by atoms with van der Waals surface area (Å²) in [5, 5.41) is 7.96. The van der Waals surface area contributed by atoms with E-state index in [1.807, 2.05) is 77.5 Å². The average molecular weight is 447 g/mol. The Labute approximate surface area is 191 Å². The molecule has 0 aliphatic rings. The van der Waals surface area contributed by atoms with Crippen LogP contribution in [0.4, 0.5) is 0 Å². The third-order valence-corrected chi connectivity index (χ3v) is 6.09. The van der Waals surface area contributed by atoms with E-state index in [2.05, 4.69) is 10.6 Å². The number of nitrogens with one attached hydrogen (secondary N) is 2. The molecule has 2 amide bonds. The molecule has 4 aromatic rings. The standard InChI is InChI=1S/C25H26N4O2S/c1-18-7-4-8-19(15-18)25(31)26-13-5-12-23-28-21-10-2-3-11-22(21)29(23)17-24(30)27-16-20-9-6-14-32-20/h2-4,6-11,14-15H,5,12-13,16-17H2,1H3,(H,26,31)(H,27,30). The van der Waals surface area contributed by atoms with Crippen molar-refractivity contribution in [3.05, 3.63) is 87.9 Å². The molecule has 2 N–H and O–H groups in total. The van der Waals surface area contributed by atoms with Gasteiger partial charge in [0.25, 0.3) is 5.91 Å². The molecule has 0 bridgehead atoms. The fourth-order valence-corrected chi connectivity index (χ4v) is 4.27. The van der Waals surface area contributed by atoms with E-state index in [0.717, 1.165) is 33.7 Å². The molecule has 0 aliphatic heterocycles. The van der Waals surface area contributed by atoms with Crippen molar-refractivity contribution in [3.63, 3.8) is 0 Å². The van der Waals surface area contributed by atoms with Crippen LogP contribution in [0.25, 0.3) is 11.0 Å². The first-order valence-electron chi connectivity index (χ1n) is 10.7. The van der Waals surface area contributed by atoms with Crippen LogP contribution in [0, 0.1) is 6.92 Å². The van der Waals surface area contributed by atoms with Crippen LogP contribution in [0.2, 0.25) is 0 Å². The molecule has 2 aromatic heterocycles. The number of nitrogens with zero attached hydrogens (tertiary/aromatic N) is 2. The number of fused-ring (bicyclic) bond motifs is 1. The van der Waals surface area contributed by atoms with Crippen LogP contribution in [0.1, 0.15) is 33.0 Å². The Morgan fingerprint density at radius 1 is 1.03 bits per heavy atom. The van der Waals surface area contributed by atoms with Crippen LogP contribution in [-0.2, 0) is 24.3 Å². The fraction of sp³-hybridized carbons (Fsp3) is 0.240. The normalized spacial score (nSPS) is 10.9. The third kappa shape index (κ3) is 5.42. The molecule has 164 valence electrons. The largest absolute Gasteiger partial charge is 0.352 e. The molecule has 0 spiro atoms. The van der Waals surface area contributed by atoms with Crippen molar-refractivity contribution in [1.29, 1.82) is 0 Å². The number of aryl methyl sites for hydroxylation is 2. The van der Waals surface area contributed by atoms with Crippen LogP contribution >= 0.6 is 11.3 Å². The van der Waals surface area contributed by atoms with Gasteiger partial charge in [0.1, 0.15) is 12.4 Å². The van der Waals surface area contributed by atoms with E-state index < -0.39 is 0 Å². The number of amides is 2. The number of carbonyl (C=O) groups excluding carboxylic acids is 2. The first-order valence-corrected chi connectivity index (χ1v) is 11.6. The van der Waals surface area contributed by atoms with E-state index in [4.69, 9.17) is 4.98 Å². The van der Waals surface area contributed by atoms with Crippen LogP contribution in [-0.4, -0.2) is 27.9 Å². The van der Waals surface area contributed by atoms with Gasteiger partial charge in [-0.05, 0) is 49.1 Å². The topological polar surface area (TPSA) is 76.0 Å². The highest BCUT2D eigenvalue weighted by atomic mass is 32.1. The lowest BCUT2D eigenvalue weighted by atomic mass is 10.1. The number of aromatic nitrogens is 2. The molecule has 0 fully saturated rings. The van der Waals surface area contributed by atoms with Crippen molar-refractivity contribution in [2.75, 3.05) is 6.54 Å². The molecule has 0 saturated carbocycles. The van der Waals surface area contributed by atoms with E-state index in [1.54, 1.807) is 11.3 Å². The molecule has 0 unspecified atom stereocenters. The molecule has 7 heteroatoms. The maximum atomic E-state index is 12.6. The second-order valence-corrected chi connectivity index (χ2v) is 8.72. The van der Waals surface area contributed by atoms with Gasteiger partial charge in [-0.3, -0.25) is 9.59 Å². The zero-order valence-corrected chi connectivity index (χ0v) is 18.8. The predicted octanol–water partition coefficient (Wildman–Crippen LogP) is 4.09. The molecular formula is C25H26N4O2S. The summed E-state index contributed by atoms with van der Waals surface area (Å²) < 4.78 is 1.97. The zero-order chi connectivity index (χ0) is 22.3. The summed E-state index contributed by atoms with van der Waals surface area (Å²) in [6, 6.07) is 19.4. The molecule has 32 heavy (non-hydrogen) atoms. The average Bonchev–Trinajstić information content (AvgIpc) is 3.43. The molecule has 0 aliphatic carbocycles. The van der Waals surface area contributed by atoms with E-state index in [0.29, 0.717) is 25.1 Å². The van der Waals surface area contributed by atoms with Gasteiger partial charge in [0.05, 0.1) is 17.6 Å². The molecule has 4 rings (SSSR count). The van der Waals surface area contributed by atoms with Crippen LogP contribution in [0.15, 0.2) is 66.0 Å². The van der Waals surface area contributed by atoms with E-state index in [-0.39, 0.29) is 18.4 Å². The SMILES string of the molecule is Cc1cccc(C(=O)NCCCc2nc3ccccc3n2CC(=O)NCc2cccs2)c1. The Hall–Kier alpha value is -3.45. The number of hydrogen-bond donors (Lipinski definition) is 2. The quantitative estimate of drug-likeness (QED) is 0.380. The second-order valence-electron chi connectivity index (χ2n) is 7.69. The minimum absolute atomic E-state index is 0.0458. The Balaban J connectivity index is 1.37. The molecule has 6 nitrogen and oxygen atoms in total. The summed E-state index contributed by atoms with van der Waals surface area (Å²) in [5.74, 6) is 0.730. The van der Waals surface area contributed by atoms with Crippen LogP contribution < -0.4 is 10.6 Å². The van der Waals surface area contributed by atoms with Gasteiger partial charge in [-0.2, -0.15) is 0 Å². The van der Waals surface area contributed by atoms with Crippen molar-refractivity contribution in [3.8, 4) is 0 Å². The summed E-state index contributed by atoms with van der Waals surface area (Å²) in [5.41, 5.74) is 3.54. The number of benzene rings is 2. The first kappa shape index (κ1) is 21.8. The van der Waals surface area contributed by atoms with E-state index >= 15 is 0 Å². The lowest BCUT2D eigenvalue weighted by Crippen LogP contribution is -2.28. The molecular weight excluding hydrogens is 420 g/mol. The second kappa shape index (κ2) is 10.2. The van der Waals surface area contributed by atoms with Crippen molar-refractivity contribution in [2.45, 2.75) is 32.9 Å². The van der Waals surface area contributed by atoms with Gasteiger partial charge in [0, 0.05) is 23.4 Å². The highest BCUT2D eigenvalue weighted by molar-refractivity contribution is 7.09. The van der Waals surface area contributed by atoms with E-state index in [9.17, 15) is 9.59 Å². The first-order chi connectivity index (χ1) is 15.6. The van der Waals surface area contributed by atoms with E-state index in [1.165, 1.54) is 0 Å². The Morgan fingerprint density at radius 3 is 2.72 bits per heavy atom. The summed E-state index contributed by atoms with van der Waals surface area (Å²) >= 11 is 1.63. The monoisotopic (exact) mass is 446 g/mol. The number of rotatable bonds is 9. The van der Waals surface area contributed by atoms with Crippen molar-refractivity contribution in [2.24, 2.45) is 0 Å². The molecule has 2 heterocycles. The van der Waals surface area contributed by atoms with Gasteiger partial charge in [-0.25, -0.2) is 4.98 Å². The summed E-state index contributed by atoms with van der Waals surface area (Å²) in [6.45, 7) is 3.26. The van der Waals surface area contributed by atoms with Gasteiger partial charge in [0.2, 0.25) is 5.91 Å². The van der Waals surface area contributed by atoms with Gasteiger partial charge >= 0.3 is 0 Å². The van der Waals surface area contributed by atoms with Gasteiger partial charge in [-0.1, -0.05) is 35.9 Å². The lowest BCUT2D eigenvalue weighted by Gasteiger charge is -2.10. The van der Waals surface area contributed by atoms with Gasteiger partial charge in [0.15, 0.2) is 0 Å². The summed E-state index contributed by atoms with van der Waals surface area (Å²) in [7, 11) is 0. The van der Waals surface area contributed by atoms with Gasteiger partial charge < -0.3 is 15.2 Å². The van der Waals surface area contributed by atoms with Crippen LogP contribution in [0.3, 0.4) is 0 Å². The van der Waals surface area contributed by atoms with Gasteiger partial charge in [-0.15, -0.1) is 11.3 Å². The van der Waals surface area contributed by atoms with Crippen molar-refractivity contribution >= 4 is 34.2 Å². The summed E-state index contributed by atoms with van der Waals surface area (Å²) in [6.07, 6.45) is 1.40. The predicted molar refractivity (Wildman–Crippen MR) is 128 cm³/mol. The Morgan fingerprint density at radius 2 is 1.91 bits per heavy atom. The molecule has 2 aromatic carbocycles. The number of carbonyl (C=O) groups is 2. The fourth-order valence-electron chi connectivity index (χ4n) is 3.63. The van der Waals surface area contributed by atoms with Crippen molar-refractivity contribution < 1.29 is 9.59 Å². The Bertz CT molecular complexity index is 1210. The zero-order valence-electron chi connectivity index (χ0n) is 18.0. The van der Waals surface area contributed by atoms with Crippen molar-refractivity contribution in [1.82, 2.24) is 20.2 Å². The Kier molecular flexibility index (Phi) is 6.97. The number of imidazole rings is 1. The van der Waals surface area contributed by atoms with Crippen LogP contribution in [0.5, 0.6) is 0 Å². The molecule has 0 atom stereocenters. The maximum Gasteiger partial charge on any atom is 0.251 e.